The minimum absolute atomic E-state index is 0.191. The Labute approximate surface area is 209 Å². The Hall–Kier alpha value is -4.66. The normalized spacial score (nSPS) is 10.5. The third kappa shape index (κ3) is 8.28. The SMILES string of the molecule is CCOc1ccc(NC(=O)COc2cccc(/C=N\NC(=O)C(=O)Nc3ccc(CC)cc3)c2)cc1. The lowest BCUT2D eigenvalue weighted by molar-refractivity contribution is -0.136. The summed E-state index contributed by atoms with van der Waals surface area (Å²) in [5.41, 5.74) is 5.07. The summed E-state index contributed by atoms with van der Waals surface area (Å²) < 4.78 is 10.9. The molecule has 0 heterocycles. The molecule has 0 fully saturated rings. The van der Waals surface area contributed by atoms with Gasteiger partial charge in [0, 0.05) is 11.4 Å². The van der Waals surface area contributed by atoms with Crippen molar-refractivity contribution in [3.8, 4) is 11.5 Å². The fourth-order valence-corrected chi connectivity index (χ4v) is 3.06. The molecule has 3 aromatic carbocycles. The van der Waals surface area contributed by atoms with Crippen molar-refractivity contribution < 1.29 is 23.9 Å². The van der Waals surface area contributed by atoms with Crippen LogP contribution in [-0.2, 0) is 20.8 Å². The van der Waals surface area contributed by atoms with Crippen LogP contribution in [0.3, 0.4) is 0 Å². The van der Waals surface area contributed by atoms with Crippen LogP contribution in [0.5, 0.6) is 11.5 Å². The molecule has 0 aromatic heterocycles. The van der Waals surface area contributed by atoms with E-state index in [0.29, 0.717) is 29.3 Å². The van der Waals surface area contributed by atoms with Crippen LogP contribution in [0, 0.1) is 0 Å². The summed E-state index contributed by atoms with van der Waals surface area (Å²) in [6.45, 7) is 4.31. The minimum Gasteiger partial charge on any atom is -0.494 e. The molecule has 9 heteroatoms. The van der Waals surface area contributed by atoms with Gasteiger partial charge in [-0.15, -0.1) is 0 Å². The second kappa shape index (κ2) is 13.3. The van der Waals surface area contributed by atoms with Crippen molar-refractivity contribution in [1.29, 1.82) is 0 Å². The molecule has 0 saturated heterocycles. The van der Waals surface area contributed by atoms with Gasteiger partial charge in [0.15, 0.2) is 6.61 Å². The molecule has 186 valence electrons. The number of carbonyl (C=O) groups is 3. The molecule has 0 aliphatic carbocycles. The number of amides is 3. The van der Waals surface area contributed by atoms with Crippen molar-refractivity contribution in [3.05, 3.63) is 83.9 Å². The van der Waals surface area contributed by atoms with Crippen LogP contribution in [0.1, 0.15) is 25.0 Å². The molecule has 3 rings (SSSR count). The van der Waals surface area contributed by atoms with Crippen LogP contribution < -0.4 is 25.5 Å². The monoisotopic (exact) mass is 488 g/mol. The van der Waals surface area contributed by atoms with E-state index in [9.17, 15) is 14.4 Å². The largest absolute Gasteiger partial charge is 0.494 e. The first-order valence-corrected chi connectivity index (χ1v) is 11.5. The van der Waals surface area contributed by atoms with E-state index in [1.54, 1.807) is 60.7 Å². The Morgan fingerprint density at radius 1 is 0.806 bits per heavy atom. The predicted molar refractivity (Wildman–Crippen MR) is 138 cm³/mol. The quantitative estimate of drug-likeness (QED) is 0.228. The van der Waals surface area contributed by atoms with Gasteiger partial charge in [-0.2, -0.15) is 5.10 Å². The zero-order valence-electron chi connectivity index (χ0n) is 20.1. The molecule has 0 atom stereocenters. The van der Waals surface area contributed by atoms with Crippen LogP contribution in [0.15, 0.2) is 77.9 Å². The lowest BCUT2D eigenvalue weighted by Crippen LogP contribution is -2.32. The maximum atomic E-state index is 12.2. The van der Waals surface area contributed by atoms with Crippen molar-refractivity contribution in [1.82, 2.24) is 5.43 Å². The first kappa shape index (κ1) is 26.0. The van der Waals surface area contributed by atoms with Crippen LogP contribution in [0.4, 0.5) is 11.4 Å². The van der Waals surface area contributed by atoms with Crippen molar-refractivity contribution in [2.45, 2.75) is 20.3 Å². The van der Waals surface area contributed by atoms with Crippen LogP contribution in [0.2, 0.25) is 0 Å². The molecule has 0 saturated carbocycles. The molecule has 0 spiro atoms. The first-order valence-electron chi connectivity index (χ1n) is 11.5. The van der Waals surface area contributed by atoms with Crippen LogP contribution in [-0.4, -0.2) is 37.1 Å². The average Bonchev–Trinajstić information content (AvgIpc) is 2.89. The van der Waals surface area contributed by atoms with E-state index in [4.69, 9.17) is 9.47 Å². The number of nitrogens with one attached hydrogen (secondary N) is 3. The molecular formula is C27H28N4O5. The number of anilines is 2. The number of aryl methyl sites for hydroxylation is 1. The second-order valence-corrected chi connectivity index (χ2v) is 7.57. The smallest absolute Gasteiger partial charge is 0.329 e. The number of nitrogens with zero attached hydrogens (tertiary/aromatic N) is 1. The molecule has 0 radical (unpaired) electrons. The van der Waals surface area contributed by atoms with Gasteiger partial charge in [-0.05, 0) is 73.0 Å². The highest BCUT2D eigenvalue weighted by molar-refractivity contribution is 6.39. The van der Waals surface area contributed by atoms with E-state index >= 15 is 0 Å². The Kier molecular flexibility index (Phi) is 9.58. The highest BCUT2D eigenvalue weighted by atomic mass is 16.5. The van der Waals surface area contributed by atoms with Crippen LogP contribution >= 0.6 is 0 Å². The van der Waals surface area contributed by atoms with Gasteiger partial charge >= 0.3 is 11.8 Å². The lowest BCUT2D eigenvalue weighted by Gasteiger charge is -2.09. The lowest BCUT2D eigenvalue weighted by atomic mass is 10.1. The Morgan fingerprint density at radius 3 is 2.19 bits per heavy atom. The topological polar surface area (TPSA) is 118 Å². The fraction of sp³-hybridized carbons (Fsp3) is 0.185. The summed E-state index contributed by atoms with van der Waals surface area (Å²) in [5, 5.41) is 9.07. The maximum absolute atomic E-state index is 12.2. The van der Waals surface area contributed by atoms with E-state index in [0.717, 1.165) is 17.7 Å². The third-order valence-corrected chi connectivity index (χ3v) is 4.88. The fourth-order valence-electron chi connectivity index (χ4n) is 3.06. The van der Waals surface area contributed by atoms with Gasteiger partial charge in [0.25, 0.3) is 5.91 Å². The molecule has 0 unspecified atom stereocenters. The molecule has 3 aromatic rings. The van der Waals surface area contributed by atoms with Crippen molar-refractivity contribution in [2.24, 2.45) is 5.10 Å². The van der Waals surface area contributed by atoms with Gasteiger partial charge < -0.3 is 20.1 Å². The summed E-state index contributed by atoms with van der Waals surface area (Å²) in [4.78, 5) is 36.2. The maximum Gasteiger partial charge on any atom is 0.329 e. The molecule has 3 amide bonds. The van der Waals surface area contributed by atoms with Crippen molar-refractivity contribution >= 4 is 35.3 Å². The summed E-state index contributed by atoms with van der Waals surface area (Å²) in [6, 6.07) is 21.1. The Bertz CT molecular complexity index is 1210. The summed E-state index contributed by atoms with van der Waals surface area (Å²) in [5.74, 6) is -0.874. The molecule has 0 aliphatic rings. The predicted octanol–water partition coefficient (Wildman–Crippen LogP) is 3.75. The standard InChI is InChI=1S/C27H28N4O5/c1-3-19-8-10-22(11-9-19)30-26(33)27(34)31-28-17-20-6-5-7-24(16-20)36-18-25(32)29-21-12-14-23(15-13-21)35-4-2/h5-17H,3-4,18H2,1-2H3,(H,29,32)(H,30,33)(H,31,34)/b28-17-. The summed E-state index contributed by atoms with van der Waals surface area (Å²) >= 11 is 0. The van der Waals surface area contributed by atoms with Gasteiger partial charge in [-0.25, -0.2) is 5.43 Å². The molecule has 0 bridgehead atoms. The number of hydrogen-bond donors (Lipinski definition) is 3. The van der Waals surface area contributed by atoms with Crippen molar-refractivity contribution in [2.75, 3.05) is 23.8 Å². The van der Waals surface area contributed by atoms with Gasteiger partial charge in [0.2, 0.25) is 0 Å². The highest BCUT2D eigenvalue weighted by Crippen LogP contribution is 2.16. The number of rotatable bonds is 10. The van der Waals surface area contributed by atoms with E-state index in [1.807, 2.05) is 26.0 Å². The van der Waals surface area contributed by atoms with Gasteiger partial charge in [-0.1, -0.05) is 31.2 Å². The Balaban J connectivity index is 1.45. The molecule has 9 nitrogen and oxygen atoms in total. The number of carbonyl (C=O) groups excluding carboxylic acids is 3. The Morgan fingerprint density at radius 2 is 1.50 bits per heavy atom. The van der Waals surface area contributed by atoms with Crippen LogP contribution in [0.25, 0.3) is 0 Å². The number of hydrogen-bond acceptors (Lipinski definition) is 6. The van der Waals surface area contributed by atoms with Gasteiger partial charge in [0.1, 0.15) is 11.5 Å². The van der Waals surface area contributed by atoms with E-state index < -0.39 is 11.8 Å². The number of ether oxygens (including phenoxy) is 2. The van der Waals surface area contributed by atoms with Crippen molar-refractivity contribution in [3.63, 3.8) is 0 Å². The second-order valence-electron chi connectivity index (χ2n) is 7.57. The first-order chi connectivity index (χ1) is 17.5. The third-order valence-electron chi connectivity index (χ3n) is 4.88. The van der Waals surface area contributed by atoms with Gasteiger partial charge in [0.05, 0.1) is 12.8 Å². The van der Waals surface area contributed by atoms with E-state index in [-0.39, 0.29) is 12.5 Å². The molecule has 3 N–H and O–H groups in total. The minimum atomic E-state index is -0.899. The van der Waals surface area contributed by atoms with E-state index in [1.165, 1.54) is 6.21 Å². The summed E-state index contributed by atoms with van der Waals surface area (Å²) in [7, 11) is 0. The number of hydrazone groups is 1. The van der Waals surface area contributed by atoms with Gasteiger partial charge in [-0.3, -0.25) is 14.4 Å². The zero-order chi connectivity index (χ0) is 25.8. The zero-order valence-corrected chi connectivity index (χ0v) is 20.1. The number of benzene rings is 3. The molecular weight excluding hydrogens is 460 g/mol. The van der Waals surface area contributed by atoms with E-state index in [2.05, 4.69) is 21.2 Å². The average molecular weight is 489 g/mol. The molecule has 0 aliphatic heterocycles. The summed E-state index contributed by atoms with van der Waals surface area (Å²) in [6.07, 6.45) is 2.25. The highest BCUT2D eigenvalue weighted by Gasteiger charge is 2.12. The molecule has 36 heavy (non-hydrogen) atoms.